The summed E-state index contributed by atoms with van der Waals surface area (Å²) >= 11 is 0. The number of hydrogen-bond acceptors (Lipinski definition) is 2. The van der Waals surface area contributed by atoms with E-state index < -0.39 is 0 Å². The normalized spacial score (nSPS) is 11.5. The fourth-order valence-corrected chi connectivity index (χ4v) is 1.47. The van der Waals surface area contributed by atoms with Crippen molar-refractivity contribution in [2.45, 2.75) is 32.9 Å². The van der Waals surface area contributed by atoms with E-state index in [1.165, 1.54) is 5.56 Å². The van der Waals surface area contributed by atoms with Gasteiger partial charge in [-0.1, -0.05) is 42.5 Å². The lowest BCUT2D eigenvalue weighted by molar-refractivity contribution is 0.0977. The van der Waals surface area contributed by atoms with Gasteiger partial charge in [-0.3, -0.25) is 0 Å². The van der Waals surface area contributed by atoms with Crippen LogP contribution >= 0.6 is 0 Å². The molecule has 1 aromatic rings. The summed E-state index contributed by atoms with van der Waals surface area (Å²) in [6, 6.07) is 10.4. The van der Waals surface area contributed by atoms with E-state index >= 15 is 0 Å². The Morgan fingerprint density at radius 1 is 1.29 bits per heavy atom. The minimum atomic E-state index is -0.0225. The third-order valence-electron chi connectivity index (χ3n) is 2.43. The SMILES string of the molecule is C=C(C)COCC(C)(C)NCc1ccccc1. The van der Waals surface area contributed by atoms with Crippen molar-refractivity contribution in [2.24, 2.45) is 0 Å². The first kappa shape index (κ1) is 13.9. The second-order valence-corrected chi connectivity index (χ2v) is 5.17. The summed E-state index contributed by atoms with van der Waals surface area (Å²) in [7, 11) is 0. The zero-order valence-electron chi connectivity index (χ0n) is 11.1. The standard InChI is InChI=1S/C15H23NO/c1-13(2)11-17-12-15(3,4)16-10-14-8-6-5-7-9-14/h5-9,16H,1,10-12H2,2-4H3. The predicted octanol–water partition coefficient (Wildman–Crippen LogP) is 3.15. The van der Waals surface area contributed by atoms with Gasteiger partial charge in [0.15, 0.2) is 0 Å². The molecule has 0 aliphatic carbocycles. The molecule has 0 saturated heterocycles. The number of nitrogens with one attached hydrogen (secondary N) is 1. The summed E-state index contributed by atoms with van der Waals surface area (Å²) in [5.41, 5.74) is 2.33. The lowest BCUT2D eigenvalue weighted by atomic mass is 10.1. The minimum Gasteiger partial charge on any atom is -0.375 e. The largest absolute Gasteiger partial charge is 0.375 e. The first-order chi connectivity index (χ1) is 7.99. The van der Waals surface area contributed by atoms with Crippen molar-refractivity contribution < 1.29 is 4.74 Å². The van der Waals surface area contributed by atoms with E-state index in [0.29, 0.717) is 13.2 Å². The molecule has 0 aliphatic rings. The maximum Gasteiger partial charge on any atom is 0.0672 e. The predicted molar refractivity (Wildman–Crippen MR) is 73.0 cm³/mol. The van der Waals surface area contributed by atoms with Crippen molar-refractivity contribution in [3.63, 3.8) is 0 Å². The second-order valence-electron chi connectivity index (χ2n) is 5.17. The van der Waals surface area contributed by atoms with E-state index in [-0.39, 0.29) is 5.54 Å². The summed E-state index contributed by atoms with van der Waals surface area (Å²) in [5, 5.41) is 3.49. The van der Waals surface area contributed by atoms with Crippen LogP contribution in [0.2, 0.25) is 0 Å². The molecule has 0 spiro atoms. The molecule has 2 heteroatoms. The molecule has 0 fully saturated rings. The van der Waals surface area contributed by atoms with Gasteiger partial charge in [0, 0.05) is 12.1 Å². The Labute approximate surface area is 105 Å². The molecule has 0 aromatic heterocycles. The lowest BCUT2D eigenvalue weighted by Gasteiger charge is -2.26. The molecule has 1 aromatic carbocycles. The van der Waals surface area contributed by atoms with Crippen LogP contribution in [0.5, 0.6) is 0 Å². The van der Waals surface area contributed by atoms with Gasteiger partial charge in [0.25, 0.3) is 0 Å². The zero-order chi connectivity index (χ0) is 12.7. The van der Waals surface area contributed by atoms with E-state index in [0.717, 1.165) is 12.1 Å². The zero-order valence-corrected chi connectivity index (χ0v) is 11.1. The fraction of sp³-hybridized carbons (Fsp3) is 0.467. The molecule has 1 N–H and O–H groups in total. The number of hydrogen-bond donors (Lipinski definition) is 1. The Balaban J connectivity index is 2.31. The van der Waals surface area contributed by atoms with Crippen LogP contribution in [0.25, 0.3) is 0 Å². The van der Waals surface area contributed by atoms with Crippen LogP contribution in [0.4, 0.5) is 0 Å². The number of ether oxygens (including phenoxy) is 1. The van der Waals surface area contributed by atoms with Gasteiger partial charge in [-0.05, 0) is 26.3 Å². The average Bonchev–Trinajstić information content (AvgIpc) is 2.27. The van der Waals surface area contributed by atoms with Crippen molar-refractivity contribution in [3.05, 3.63) is 48.0 Å². The molecule has 0 unspecified atom stereocenters. The summed E-state index contributed by atoms with van der Waals surface area (Å²) in [6.45, 7) is 12.3. The molecule has 2 nitrogen and oxygen atoms in total. The average molecular weight is 233 g/mol. The van der Waals surface area contributed by atoms with Crippen LogP contribution in [0.15, 0.2) is 42.5 Å². The van der Waals surface area contributed by atoms with Crippen LogP contribution < -0.4 is 5.32 Å². The van der Waals surface area contributed by atoms with Gasteiger partial charge in [-0.15, -0.1) is 0 Å². The van der Waals surface area contributed by atoms with Crippen molar-refractivity contribution in [1.29, 1.82) is 0 Å². The molecular weight excluding hydrogens is 210 g/mol. The highest BCUT2D eigenvalue weighted by Gasteiger charge is 2.16. The first-order valence-electron chi connectivity index (χ1n) is 6.01. The molecule has 0 atom stereocenters. The molecule has 0 heterocycles. The smallest absolute Gasteiger partial charge is 0.0672 e. The summed E-state index contributed by atoms with van der Waals surface area (Å²) in [6.07, 6.45) is 0. The highest BCUT2D eigenvalue weighted by molar-refractivity contribution is 5.14. The van der Waals surface area contributed by atoms with Gasteiger partial charge in [0.05, 0.1) is 13.2 Å². The van der Waals surface area contributed by atoms with Crippen LogP contribution in [-0.4, -0.2) is 18.8 Å². The van der Waals surface area contributed by atoms with Gasteiger partial charge in [0.2, 0.25) is 0 Å². The molecule has 0 bridgehead atoms. The highest BCUT2D eigenvalue weighted by atomic mass is 16.5. The molecular formula is C15H23NO. The van der Waals surface area contributed by atoms with Crippen LogP contribution in [0.3, 0.4) is 0 Å². The molecule has 94 valence electrons. The van der Waals surface area contributed by atoms with Crippen molar-refractivity contribution in [1.82, 2.24) is 5.32 Å². The van der Waals surface area contributed by atoms with E-state index in [9.17, 15) is 0 Å². The Kier molecular flexibility index (Phi) is 5.39. The monoisotopic (exact) mass is 233 g/mol. The molecule has 17 heavy (non-hydrogen) atoms. The molecule has 0 amide bonds. The minimum absolute atomic E-state index is 0.0225. The Bertz CT molecular complexity index is 343. The maximum absolute atomic E-state index is 5.59. The first-order valence-corrected chi connectivity index (χ1v) is 6.01. The topological polar surface area (TPSA) is 21.3 Å². The Morgan fingerprint density at radius 2 is 1.94 bits per heavy atom. The van der Waals surface area contributed by atoms with E-state index in [1.54, 1.807) is 0 Å². The fourth-order valence-electron chi connectivity index (χ4n) is 1.47. The van der Waals surface area contributed by atoms with E-state index in [4.69, 9.17) is 4.74 Å². The third kappa shape index (κ3) is 6.25. The van der Waals surface area contributed by atoms with Gasteiger partial charge < -0.3 is 10.1 Å². The lowest BCUT2D eigenvalue weighted by Crippen LogP contribution is -2.43. The van der Waals surface area contributed by atoms with Crippen molar-refractivity contribution in [2.75, 3.05) is 13.2 Å². The molecule has 0 aliphatic heterocycles. The van der Waals surface area contributed by atoms with Crippen LogP contribution in [-0.2, 0) is 11.3 Å². The van der Waals surface area contributed by atoms with Crippen molar-refractivity contribution >= 4 is 0 Å². The van der Waals surface area contributed by atoms with E-state index in [1.807, 2.05) is 13.0 Å². The van der Waals surface area contributed by atoms with Gasteiger partial charge >= 0.3 is 0 Å². The maximum atomic E-state index is 5.59. The third-order valence-corrected chi connectivity index (χ3v) is 2.43. The summed E-state index contributed by atoms with van der Waals surface area (Å²) in [4.78, 5) is 0. The highest BCUT2D eigenvalue weighted by Crippen LogP contribution is 2.06. The van der Waals surface area contributed by atoms with Crippen LogP contribution in [0.1, 0.15) is 26.3 Å². The van der Waals surface area contributed by atoms with Gasteiger partial charge in [-0.2, -0.15) is 0 Å². The molecule has 0 saturated carbocycles. The number of benzene rings is 1. The quantitative estimate of drug-likeness (QED) is 0.730. The molecule has 0 radical (unpaired) electrons. The van der Waals surface area contributed by atoms with Gasteiger partial charge in [0.1, 0.15) is 0 Å². The number of rotatable bonds is 7. The van der Waals surface area contributed by atoms with Crippen LogP contribution in [0, 0.1) is 0 Å². The Morgan fingerprint density at radius 3 is 2.53 bits per heavy atom. The van der Waals surface area contributed by atoms with E-state index in [2.05, 4.69) is 50.0 Å². The van der Waals surface area contributed by atoms with Crippen molar-refractivity contribution in [3.8, 4) is 0 Å². The summed E-state index contributed by atoms with van der Waals surface area (Å²) in [5.74, 6) is 0. The summed E-state index contributed by atoms with van der Waals surface area (Å²) < 4.78 is 5.59. The molecule has 1 rings (SSSR count). The van der Waals surface area contributed by atoms with Gasteiger partial charge in [-0.25, -0.2) is 0 Å². The second kappa shape index (κ2) is 6.58. The Hall–Kier alpha value is -1.12.